The van der Waals surface area contributed by atoms with Crippen molar-refractivity contribution in [1.82, 2.24) is 0 Å². The zero-order valence-corrected chi connectivity index (χ0v) is 18.0. The van der Waals surface area contributed by atoms with Gasteiger partial charge in [-0.25, -0.2) is 0 Å². The number of nitrogens with zero attached hydrogens (tertiary/aromatic N) is 1. The normalized spacial score (nSPS) is 15.3. The van der Waals surface area contributed by atoms with E-state index in [9.17, 15) is 4.79 Å². The van der Waals surface area contributed by atoms with Crippen molar-refractivity contribution in [2.45, 2.75) is 13.8 Å². The van der Waals surface area contributed by atoms with E-state index in [1.165, 1.54) is 11.8 Å². The first-order valence-corrected chi connectivity index (χ1v) is 9.77. The van der Waals surface area contributed by atoms with Crippen LogP contribution in [-0.4, -0.2) is 31.6 Å². The summed E-state index contributed by atoms with van der Waals surface area (Å²) in [7, 11) is 4.66. The minimum absolute atomic E-state index is 0.141. The van der Waals surface area contributed by atoms with Crippen molar-refractivity contribution < 1.29 is 19.0 Å². The van der Waals surface area contributed by atoms with Gasteiger partial charge in [-0.15, -0.1) is 0 Å². The van der Waals surface area contributed by atoms with Crippen molar-refractivity contribution in [2.24, 2.45) is 0 Å². The Labute approximate surface area is 174 Å². The van der Waals surface area contributed by atoms with Gasteiger partial charge < -0.3 is 14.2 Å². The lowest BCUT2D eigenvalue weighted by Crippen LogP contribution is -2.28. The summed E-state index contributed by atoms with van der Waals surface area (Å²) in [5.74, 6) is 1.42. The smallest absolute Gasteiger partial charge is 0.270 e. The number of carbonyl (C=O) groups excluding carboxylic acids is 1. The maximum absolute atomic E-state index is 13.1. The number of methoxy groups -OCH3 is 3. The molecule has 0 bridgehead atoms. The molecule has 28 heavy (non-hydrogen) atoms. The molecule has 1 aliphatic heterocycles. The number of aryl methyl sites for hydroxylation is 2. The first kappa shape index (κ1) is 20.2. The summed E-state index contributed by atoms with van der Waals surface area (Å²) in [6.07, 6.45) is 1.79. The highest BCUT2D eigenvalue weighted by Crippen LogP contribution is 2.41. The molecular formula is C21H21NO4S2. The molecule has 146 valence electrons. The van der Waals surface area contributed by atoms with Crippen LogP contribution in [0.15, 0.2) is 35.2 Å². The Hall–Kier alpha value is -2.51. The largest absolute Gasteiger partial charge is 0.493 e. The molecule has 3 rings (SSSR count). The van der Waals surface area contributed by atoms with Crippen LogP contribution >= 0.6 is 24.0 Å². The Morgan fingerprint density at radius 1 is 1.00 bits per heavy atom. The van der Waals surface area contributed by atoms with Gasteiger partial charge in [-0.1, -0.05) is 36.1 Å². The lowest BCUT2D eigenvalue weighted by molar-refractivity contribution is -0.113. The molecule has 5 nitrogen and oxygen atoms in total. The topological polar surface area (TPSA) is 48.0 Å². The first-order chi connectivity index (χ1) is 13.4. The average molecular weight is 416 g/mol. The maximum atomic E-state index is 13.1. The second kappa shape index (κ2) is 8.24. The highest BCUT2D eigenvalue weighted by molar-refractivity contribution is 8.27. The van der Waals surface area contributed by atoms with Gasteiger partial charge in [0.1, 0.15) is 0 Å². The summed E-state index contributed by atoms with van der Waals surface area (Å²) >= 11 is 6.77. The number of amides is 1. The Balaban J connectivity index is 2.01. The molecule has 0 spiro atoms. The van der Waals surface area contributed by atoms with Crippen LogP contribution in [0.25, 0.3) is 6.08 Å². The minimum Gasteiger partial charge on any atom is -0.493 e. The number of rotatable bonds is 5. The predicted molar refractivity (Wildman–Crippen MR) is 118 cm³/mol. The highest BCUT2D eigenvalue weighted by atomic mass is 32.2. The van der Waals surface area contributed by atoms with E-state index in [1.807, 2.05) is 32.0 Å². The Morgan fingerprint density at radius 2 is 1.64 bits per heavy atom. The van der Waals surface area contributed by atoms with Gasteiger partial charge in [0.15, 0.2) is 15.8 Å². The van der Waals surface area contributed by atoms with Crippen molar-refractivity contribution in [2.75, 3.05) is 26.2 Å². The third kappa shape index (κ3) is 3.72. The lowest BCUT2D eigenvalue weighted by atomic mass is 10.1. The highest BCUT2D eigenvalue weighted by Gasteiger charge is 2.34. The van der Waals surface area contributed by atoms with Crippen LogP contribution in [0.1, 0.15) is 16.7 Å². The Kier molecular flexibility index (Phi) is 5.96. The van der Waals surface area contributed by atoms with E-state index in [1.54, 1.807) is 44.4 Å². The standard InChI is InChI=1S/C21H21NO4S2/c1-12-6-7-13(2)15(8-12)22-20(23)18(28-21(22)27)11-14-9-16(24-3)19(26-5)17(10-14)25-4/h6-11H,1-5H3/b18-11-. The number of hydrogen-bond acceptors (Lipinski definition) is 6. The van der Waals surface area contributed by atoms with Crippen LogP contribution in [0.4, 0.5) is 5.69 Å². The number of hydrogen-bond donors (Lipinski definition) is 0. The number of benzene rings is 2. The van der Waals surface area contributed by atoms with Crippen LogP contribution < -0.4 is 19.1 Å². The van der Waals surface area contributed by atoms with E-state index in [2.05, 4.69) is 0 Å². The van der Waals surface area contributed by atoms with Gasteiger partial charge in [0.2, 0.25) is 5.75 Å². The van der Waals surface area contributed by atoms with Crippen molar-refractivity contribution in [3.05, 3.63) is 51.9 Å². The van der Waals surface area contributed by atoms with Crippen LogP contribution in [0.2, 0.25) is 0 Å². The second-order valence-electron chi connectivity index (χ2n) is 6.27. The molecule has 2 aromatic rings. The van der Waals surface area contributed by atoms with Crippen LogP contribution in [0.3, 0.4) is 0 Å². The van der Waals surface area contributed by atoms with Crippen LogP contribution in [0.5, 0.6) is 17.2 Å². The third-order valence-electron chi connectivity index (χ3n) is 4.38. The van der Waals surface area contributed by atoms with E-state index >= 15 is 0 Å². The van der Waals surface area contributed by atoms with Gasteiger partial charge in [-0.3, -0.25) is 9.69 Å². The summed E-state index contributed by atoms with van der Waals surface area (Å²) in [6, 6.07) is 9.58. The van der Waals surface area contributed by atoms with Gasteiger partial charge in [-0.05, 0) is 54.8 Å². The number of thiocarbonyl (C=S) groups is 1. The van der Waals surface area contributed by atoms with E-state index in [4.69, 9.17) is 26.4 Å². The summed E-state index contributed by atoms with van der Waals surface area (Å²) in [4.78, 5) is 15.2. The molecule has 0 saturated carbocycles. The van der Waals surface area contributed by atoms with Crippen molar-refractivity contribution in [1.29, 1.82) is 0 Å². The van der Waals surface area contributed by atoms with E-state index < -0.39 is 0 Å². The zero-order valence-electron chi connectivity index (χ0n) is 16.4. The molecule has 1 heterocycles. The summed E-state index contributed by atoms with van der Waals surface area (Å²) < 4.78 is 16.6. The van der Waals surface area contributed by atoms with E-state index in [0.29, 0.717) is 26.5 Å². The molecule has 1 saturated heterocycles. The zero-order chi connectivity index (χ0) is 20.4. The number of thioether (sulfide) groups is 1. The van der Waals surface area contributed by atoms with Gasteiger partial charge in [0.05, 0.1) is 31.9 Å². The fraction of sp³-hybridized carbons (Fsp3) is 0.238. The average Bonchev–Trinajstić information content (AvgIpc) is 2.96. The fourth-order valence-electron chi connectivity index (χ4n) is 2.97. The van der Waals surface area contributed by atoms with Crippen molar-refractivity contribution >= 4 is 46.0 Å². The van der Waals surface area contributed by atoms with Gasteiger partial charge in [0, 0.05) is 0 Å². The first-order valence-electron chi connectivity index (χ1n) is 8.54. The molecule has 1 amide bonds. The molecule has 0 aliphatic carbocycles. The molecular weight excluding hydrogens is 394 g/mol. The Morgan fingerprint density at radius 3 is 2.21 bits per heavy atom. The monoisotopic (exact) mass is 415 g/mol. The predicted octanol–water partition coefficient (Wildman–Crippen LogP) is 4.74. The van der Waals surface area contributed by atoms with E-state index in [0.717, 1.165) is 22.4 Å². The molecule has 2 aromatic carbocycles. The molecule has 1 aliphatic rings. The maximum Gasteiger partial charge on any atom is 0.270 e. The van der Waals surface area contributed by atoms with Gasteiger partial charge in [0.25, 0.3) is 5.91 Å². The molecule has 7 heteroatoms. The van der Waals surface area contributed by atoms with Gasteiger partial charge >= 0.3 is 0 Å². The minimum atomic E-state index is -0.141. The van der Waals surface area contributed by atoms with Crippen molar-refractivity contribution in [3.63, 3.8) is 0 Å². The molecule has 0 radical (unpaired) electrons. The molecule has 1 fully saturated rings. The lowest BCUT2D eigenvalue weighted by Gasteiger charge is -2.17. The molecule has 0 aromatic heterocycles. The molecule has 0 atom stereocenters. The molecule has 0 N–H and O–H groups in total. The Bertz CT molecular complexity index is 959. The fourth-order valence-corrected chi connectivity index (χ4v) is 4.26. The van der Waals surface area contributed by atoms with Crippen LogP contribution in [-0.2, 0) is 4.79 Å². The second-order valence-corrected chi connectivity index (χ2v) is 7.94. The summed E-state index contributed by atoms with van der Waals surface area (Å²) in [5, 5.41) is 0. The van der Waals surface area contributed by atoms with Gasteiger partial charge in [-0.2, -0.15) is 0 Å². The van der Waals surface area contributed by atoms with E-state index in [-0.39, 0.29) is 5.91 Å². The number of ether oxygens (including phenoxy) is 3. The molecule has 0 unspecified atom stereocenters. The summed E-state index contributed by atoms with van der Waals surface area (Å²) in [5.41, 5.74) is 3.64. The summed E-state index contributed by atoms with van der Waals surface area (Å²) in [6.45, 7) is 3.96. The quantitative estimate of drug-likeness (QED) is 0.520. The third-order valence-corrected chi connectivity index (χ3v) is 5.69. The number of carbonyl (C=O) groups is 1. The van der Waals surface area contributed by atoms with Crippen LogP contribution in [0, 0.1) is 13.8 Å². The van der Waals surface area contributed by atoms with Crippen molar-refractivity contribution in [3.8, 4) is 17.2 Å². The SMILES string of the molecule is COc1cc(/C=C2\SC(=S)N(c3cc(C)ccc3C)C2=O)cc(OC)c1OC. The number of anilines is 1.